The molecule has 16 nitrogen and oxygen atoms in total. The molecule has 0 aliphatic heterocycles. The number of hydrogen-bond acceptors (Lipinski definition) is 16. The average Bonchev–Trinajstić information content (AvgIpc) is 3.43. The number of aryl methyl sites for hydroxylation is 2. The van der Waals surface area contributed by atoms with Gasteiger partial charge < -0.3 is 19.6 Å². The highest BCUT2D eigenvalue weighted by molar-refractivity contribution is 7.87. The third-order valence-electron chi connectivity index (χ3n) is 10.6. The van der Waals surface area contributed by atoms with Crippen LogP contribution in [0.1, 0.15) is 38.8 Å². The fourth-order valence-electron chi connectivity index (χ4n) is 6.14. The van der Waals surface area contributed by atoms with Crippen LogP contribution in [-0.4, -0.2) is 110 Å². The van der Waals surface area contributed by atoms with Gasteiger partial charge in [0.1, 0.15) is 12.0 Å². The monoisotopic (exact) mass is 1120 g/mol. The minimum atomic E-state index is -3.53. The summed E-state index contributed by atoms with van der Waals surface area (Å²) < 4.78 is 54.5. The smallest absolute Gasteiger partial charge is 0.296 e. The normalized spacial score (nSPS) is 10.2. The fourth-order valence-corrected chi connectivity index (χ4v) is 7.97. The van der Waals surface area contributed by atoms with Crippen LogP contribution < -0.4 is 19.6 Å². The molecule has 18 heteroatoms. The second kappa shape index (κ2) is 34.6. The molecule has 0 bridgehead atoms. The number of benzene rings is 7. The van der Waals surface area contributed by atoms with Crippen molar-refractivity contribution in [3.05, 3.63) is 187 Å². The van der Waals surface area contributed by atoms with Crippen LogP contribution in [0, 0.1) is 13.8 Å². The summed E-state index contributed by atoms with van der Waals surface area (Å²) in [5.41, 5.74) is 10.9. The van der Waals surface area contributed by atoms with Crippen molar-refractivity contribution in [3.8, 4) is 0 Å². The van der Waals surface area contributed by atoms with Crippen molar-refractivity contribution in [3.63, 3.8) is 0 Å². The van der Waals surface area contributed by atoms with Gasteiger partial charge in [0.25, 0.3) is 20.2 Å². The molecule has 0 N–H and O–H groups in total. The van der Waals surface area contributed by atoms with Gasteiger partial charge in [0.05, 0.1) is 63.5 Å². The Labute approximate surface area is 475 Å². The van der Waals surface area contributed by atoms with E-state index in [1.54, 1.807) is 62.4 Å². The Hall–Kier alpha value is -8.30. The van der Waals surface area contributed by atoms with Gasteiger partial charge in [-0.1, -0.05) is 53.6 Å². The maximum atomic E-state index is 11.3. The summed E-state index contributed by atoms with van der Waals surface area (Å²) in [5.74, 6) is 0. The Bertz CT molecular complexity index is 3200. The molecule has 7 aromatic carbocycles. The van der Waals surface area contributed by atoms with Crippen LogP contribution in [0.25, 0.3) is 0 Å². The zero-order valence-corrected chi connectivity index (χ0v) is 50.1. The van der Waals surface area contributed by atoms with Crippen molar-refractivity contribution < 1.29 is 25.2 Å². The topological polar surface area (TPSA) is 174 Å². The molecule has 0 heterocycles. The second-order valence-electron chi connectivity index (χ2n) is 18.4. The summed E-state index contributed by atoms with van der Waals surface area (Å²) in [6.07, 6.45) is 0. The van der Waals surface area contributed by atoms with Gasteiger partial charge in [-0.15, -0.1) is 0 Å². The maximum Gasteiger partial charge on any atom is 0.296 e. The molecule has 0 spiro atoms. The van der Waals surface area contributed by atoms with Crippen LogP contribution in [0.3, 0.4) is 0 Å². The Morgan fingerprint density at radius 2 is 0.625 bits per heavy atom. The van der Waals surface area contributed by atoms with E-state index in [9.17, 15) is 16.8 Å². The summed E-state index contributed by atoms with van der Waals surface area (Å²) in [6.45, 7) is 11.4. The van der Waals surface area contributed by atoms with Gasteiger partial charge in [-0.2, -0.15) is 41.8 Å². The first-order valence-electron chi connectivity index (χ1n) is 25.6. The highest BCUT2D eigenvalue weighted by Gasteiger charge is 2.14. The molecule has 0 fully saturated rings. The van der Waals surface area contributed by atoms with Gasteiger partial charge in [-0.25, -0.2) is 4.99 Å². The number of hydrogen-bond donors (Lipinski definition) is 0. The van der Waals surface area contributed by atoms with E-state index in [0.29, 0.717) is 0 Å². The fraction of sp³-hybridized carbons (Fsp3) is 0.274. The van der Waals surface area contributed by atoms with Crippen molar-refractivity contribution in [1.29, 1.82) is 0 Å². The van der Waals surface area contributed by atoms with Crippen molar-refractivity contribution in [2.75, 3.05) is 89.2 Å². The standard InChI is InChI=1S/C17H20N4.C15H15N3.C12H17N3.2C9H12O3S/c1-20(2)16-9-5-14(6-10-16)18-13-19-15-7-11-17(12-8-15)21(3)4;1-18(2)15-10-8-14(9-11-15)17-12-16-13-6-4-3-5-7-13;1-10(2)13-9-14-11-5-7-12(8-6-11)15(3)4;2*1-3-12-13(10,11)9-6-4-8(2)5-7-9/h5-12H,1-4H3;3-11H,1-2H3;5-8,10H,1-4H3;2*4-7H,3H2,1-2H3. The Morgan fingerprint density at radius 1 is 0.375 bits per heavy atom. The molecule has 0 radical (unpaired) electrons. The van der Waals surface area contributed by atoms with Gasteiger partial charge in [0, 0.05) is 79.1 Å². The van der Waals surface area contributed by atoms with Crippen LogP contribution >= 0.6 is 0 Å². The molecule has 0 amide bonds. The summed E-state index contributed by atoms with van der Waals surface area (Å²) in [6, 6.07) is 62.9. The maximum absolute atomic E-state index is 11.3. The van der Waals surface area contributed by atoms with E-state index in [1.165, 1.54) is 0 Å². The average molecular weight is 1120 g/mol. The summed E-state index contributed by atoms with van der Waals surface area (Å²) >= 11 is 0. The summed E-state index contributed by atoms with van der Waals surface area (Å²) in [7, 11) is 9.03. The largest absolute Gasteiger partial charge is 0.378 e. The lowest BCUT2D eigenvalue weighted by Gasteiger charge is -2.11. The number of anilines is 4. The summed E-state index contributed by atoms with van der Waals surface area (Å²) in [4.78, 5) is 33.5. The zero-order valence-electron chi connectivity index (χ0n) is 48.5. The van der Waals surface area contributed by atoms with Crippen molar-refractivity contribution in [1.82, 2.24) is 0 Å². The second-order valence-corrected chi connectivity index (χ2v) is 21.6. The minimum absolute atomic E-state index is 0.163. The van der Waals surface area contributed by atoms with Crippen LogP contribution in [-0.2, 0) is 28.6 Å². The molecular weight excluding hydrogens is 1040 g/mol. The molecule has 0 saturated heterocycles. The van der Waals surface area contributed by atoms with Gasteiger partial charge in [-0.05, 0) is 175 Å². The SMILES string of the molecule is CC(C)N=C=Nc1ccc(N(C)C)cc1.CCOS(=O)(=O)c1ccc(C)cc1.CCOS(=O)(=O)c1ccc(C)cc1.CN(C)c1ccc(N=C=Nc2ccc(N(C)C)cc2)cc1.CN(C)c1ccc(N=C=Nc2ccccc2)cc1. The molecule has 0 saturated carbocycles. The molecule has 0 aliphatic rings. The Balaban J connectivity index is 0.000000266. The van der Waals surface area contributed by atoms with Crippen molar-refractivity contribution in [2.24, 2.45) is 30.0 Å². The molecule has 7 aromatic rings. The Morgan fingerprint density at radius 3 is 0.863 bits per heavy atom. The Kier molecular flexibility index (Phi) is 28.5. The predicted molar refractivity (Wildman–Crippen MR) is 333 cm³/mol. The lowest BCUT2D eigenvalue weighted by Crippen LogP contribution is -2.07. The molecule has 80 heavy (non-hydrogen) atoms. The van der Waals surface area contributed by atoms with E-state index in [0.717, 1.165) is 62.3 Å². The lowest BCUT2D eigenvalue weighted by atomic mass is 10.2. The molecule has 0 aromatic heterocycles. The third kappa shape index (κ3) is 25.4. The summed E-state index contributed by atoms with van der Waals surface area (Å²) in [5, 5.41) is 0. The van der Waals surface area contributed by atoms with Gasteiger partial charge in [-0.3, -0.25) is 8.37 Å². The van der Waals surface area contributed by atoms with E-state index < -0.39 is 20.2 Å². The molecule has 422 valence electrons. The van der Waals surface area contributed by atoms with Gasteiger partial charge in [0.15, 0.2) is 0 Å². The van der Waals surface area contributed by atoms with Crippen LogP contribution in [0.15, 0.2) is 216 Å². The van der Waals surface area contributed by atoms with E-state index in [1.807, 2.05) is 226 Å². The number of para-hydroxylation sites is 1. The number of nitrogens with zero attached hydrogens (tertiary/aromatic N) is 10. The zero-order chi connectivity index (χ0) is 59.1. The molecule has 0 aliphatic carbocycles. The first-order valence-corrected chi connectivity index (χ1v) is 28.4. The van der Waals surface area contributed by atoms with Crippen LogP contribution in [0.2, 0.25) is 0 Å². The molecular formula is C62H76N10O6S2. The predicted octanol–water partition coefficient (Wildman–Crippen LogP) is 14.3. The van der Waals surface area contributed by atoms with Gasteiger partial charge in [0.2, 0.25) is 0 Å². The number of rotatable bonds is 16. The first-order chi connectivity index (χ1) is 38.0. The van der Waals surface area contributed by atoms with E-state index in [4.69, 9.17) is 0 Å². The van der Waals surface area contributed by atoms with Crippen molar-refractivity contribution in [2.45, 2.75) is 57.4 Å². The molecule has 0 unspecified atom stereocenters. The lowest BCUT2D eigenvalue weighted by molar-refractivity contribution is 0.337. The van der Waals surface area contributed by atoms with Gasteiger partial charge >= 0.3 is 0 Å². The van der Waals surface area contributed by atoms with E-state index in [2.05, 4.69) is 61.2 Å². The molecule has 7 rings (SSSR count). The highest BCUT2D eigenvalue weighted by atomic mass is 32.2. The first kappa shape index (κ1) is 66.0. The van der Waals surface area contributed by atoms with Crippen LogP contribution in [0.5, 0.6) is 0 Å². The van der Waals surface area contributed by atoms with E-state index in [-0.39, 0.29) is 29.0 Å². The molecule has 0 atom stereocenters. The van der Waals surface area contributed by atoms with E-state index >= 15 is 0 Å². The highest BCUT2D eigenvalue weighted by Crippen LogP contribution is 2.22. The number of aliphatic imine (C=N–C) groups is 6. The third-order valence-corrected chi connectivity index (χ3v) is 13.4. The quantitative estimate of drug-likeness (QED) is 0.0669. The van der Waals surface area contributed by atoms with Crippen LogP contribution in [0.4, 0.5) is 51.2 Å². The minimum Gasteiger partial charge on any atom is -0.378 e. The van der Waals surface area contributed by atoms with Crippen molar-refractivity contribution >= 4 is 89.4 Å².